The van der Waals surface area contributed by atoms with Crippen molar-refractivity contribution in [2.24, 2.45) is 0 Å². The Bertz CT molecular complexity index is 1310. The van der Waals surface area contributed by atoms with E-state index in [1.54, 1.807) is 48.4 Å². The molecule has 0 atom stereocenters. The van der Waals surface area contributed by atoms with Gasteiger partial charge in [0.2, 0.25) is 0 Å². The second-order valence-corrected chi connectivity index (χ2v) is 8.72. The summed E-state index contributed by atoms with van der Waals surface area (Å²) >= 11 is 0. The molecule has 1 fully saturated rings. The molecule has 8 heteroatoms. The molecule has 0 unspecified atom stereocenters. The van der Waals surface area contributed by atoms with Crippen LogP contribution in [0, 0.1) is 0 Å². The lowest BCUT2D eigenvalue weighted by molar-refractivity contribution is -0.135. The van der Waals surface area contributed by atoms with E-state index in [2.05, 4.69) is 0 Å². The van der Waals surface area contributed by atoms with Gasteiger partial charge in [0.05, 0.1) is 29.5 Å². The quantitative estimate of drug-likeness (QED) is 0.356. The summed E-state index contributed by atoms with van der Waals surface area (Å²) in [5.41, 5.74) is 2.00. The predicted molar refractivity (Wildman–Crippen MR) is 131 cm³/mol. The number of fused-ring (bicyclic) bond motifs is 1. The van der Waals surface area contributed by atoms with Gasteiger partial charge >= 0.3 is 5.97 Å². The molecular formula is C28H24N2O6. The maximum absolute atomic E-state index is 12.9. The van der Waals surface area contributed by atoms with E-state index in [0.717, 1.165) is 29.1 Å². The van der Waals surface area contributed by atoms with E-state index in [4.69, 9.17) is 9.47 Å². The van der Waals surface area contributed by atoms with Gasteiger partial charge < -0.3 is 14.4 Å². The second kappa shape index (κ2) is 9.65. The number of carbonyl (C=O) groups is 4. The van der Waals surface area contributed by atoms with Crippen LogP contribution in [0.25, 0.3) is 0 Å². The lowest BCUT2D eigenvalue weighted by atomic mass is 10.1. The van der Waals surface area contributed by atoms with Crippen molar-refractivity contribution in [3.05, 3.63) is 95.1 Å². The molecule has 182 valence electrons. The van der Waals surface area contributed by atoms with E-state index in [-0.39, 0.29) is 23.2 Å². The number of benzene rings is 3. The van der Waals surface area contributed by atoms with Crippen LogP contribution in [-0.4, -0.2) is 48.3 Å². The Morgan fingerprint density at radius 2 is 1.58 bits per heavy atom. The standard InChI is InChI=1S/C28H24N2O6/c1-35-22-13-9-18(10-14-22)16-29(20-11-12-20)25(31)17-36-28(34)19-5-4-6-21(15-19)30-26(32)23-7-2-3-8-24(23)27(30)33/h2-10,13-15,20H,11-12,16-17H2,1H3. The fraction of sp³-hybridized carbons (Fsp3) is 0.214. The Morgan fingerprint density at radius 3 is 2.19 bits per heavy atom. The summed E-state index contributed by atoms with van der Waals surface area (Å²) in [6.45, 7) is 0.0169. The molecule has 36 heavy (non-hydrogen) atoms. The first-order valence-corrected chi connectivity index (χ1v) is 11.6. The van der Waals surface area contributed by atoms with Gasteiger partial charge in [-0.05, 0) is 60.9 Å². The predicted octanol–water partition coefficient (Wildman–Crippen LogP) is 3.84. The zero-order valence-electron chi connectivity index (χ0n) is 19.7. The van der Waals surface area contributed by atoms with Gasteiger partial charge in [0.1, 0.15) is 5.75 Å². The average Bonchev–Trinajstić information content (AvgIpc) is 3.72. The highest BCUT2D eigenvalue weighted by atomic mass is 16.5. The van der Waals surface area contributed by atoms with E-state index in [1.165, 1.54) is 12.1 Å². The minimum absolute atomic E-state index is 0.135. The first kappa shape index (κ1) is 23.3. The molecule has 1 heterocycles. The van der Waals surface area contributed by atoms with Crippen LogP contribution < -0.4 is 9.64 Å². The van der Waals surface area contributed by atoms with Crippen molar-refractivity contribution in [3.63, 3.8) is 0 Å². The highest BCUT2D eigenvalue weighted by Crippen LogP contribution is 2.30. The number of esters is 1. The summed E-state index contributed by atoms with van der Waals surface area (Å²) in [5.74, 6) is -1.15. The summed E-state index contributed by atoms with van der Waals surface area (Å²) in [5, 5.41) is 0. The molecule has 1 saturated carbocycles. The summed E-state index contributed by atoms with van der Waals surface area (Å²) < 4.78 is 10.5. The van der Waals surface area contributed by atoms with Crippen LogP contribution in [0.15, 0.2) is 72.8 Å². The Labute approximate surface area is 208 Å². The molecule has 3 aromatic carbocycles. The number of anilines is 1. The first-order chi connectivity index (χ1) is 17.5. The van der Waals surface area contributed by atoms with Gasteiger partial charge in [-0.1, -0.05) is 30.3 Å². The fourth-order valence-electron chi connectivity index (χ4n) is 4.22. The van der Waals surface area contributed by atoms with Crippen LogP contribution in [0.2, 0.25) is 0 Å². The molecule has 0 N–H and O–H groups in total. The van der Waals surface area contributed by atoms with Crippen molar-refractivity contribution in [1.29, 1.82) is 0 Å². The van der Waals surface area contributed by atoms with E-state index >= 15 is 0 Å². The van der Waals surface area contributed by atoms with Gasteiger partial charge in [0.15, 0.2) is 6.61 Å². The van der Waals surface area contributed by atoms with Crippen molar-refractivity contribution in [2.45, 2.75) is 25.4 Å². The summed E-state index contributed by atoms with van der Waals surface area (Å²) in [7, 11) is 1.60. The summed E-state index contributed by atoms with van der Waals surface area (Å²) in [4.78, 5) is 53.9. The Morgan fingerprint density at radius 1 is 0.917 bits per heavy atom. The summed E-state index contributed by atoms with van der Waals surface area (Å²) in [6.07, 6.45) is 1.83. The smallest absolute Gasteiger partial charge is 0.338 e. The molecule has 1 aliphatic heterocycles. The molecule has 0 radical (unpaired) electrons. The van der Waals surface area contributed by atoms with Crippen molar-refractivity contribution < 1.29 is 28.7 Å². The summed E-state index contributed by atoms with van der Waals surface area (Å²) in [6, 6.07) is 20.3. The van der Waals surface area contributed by atoms with Crippen molar-refractivity contribution in [1.82, 2.24) is 4.90 Å². The Kier molecular flexibility index (Phi) is 6.25. The fourth-order valence-corrected chi connectivity index (χ4v) is 4.22. The first-order valence-electron chi connectivity index (χ1n) is 11.6. The maximum Gasteiger partial charge on any atom is 0.338 e. The lowest BCUT2D eigenvalue weighted by Crippen LogP contribution is -2.36. The largest absolute Gasteiger partial charge is 0.497 e. The van der Waals surface area contributed by atoms with Gasteiger partial charge in [-0.25, -0.2) is 9.69 Å². The molecule has 0 saturated heterocycles. The normalized spacial score (nSPS) is 14.4. The van der Waals surface area contributed by atoms with E-state index in [0.29, 0.717) is 17.7 Å². The van der Waals surface area contributed by atoms with Crippen LogP contribution in [0.1, 0.15) is 49.5 Å². The van der Waals surface area contributed by atoms with Crippen molar-refractivity contribution in [3.8, 4) is 5.75 Å². The molecule has 3 aromatic rings. The molecule has 0 spiro atoms. The molecular weight excluding hydrogens is 460 g/mol. The molecule has 3 amide bonds. The van der Waals surface area contributed by atoms with E-state index < -0.39 is 24.4 Å². The number of nitrogens with zero attached hydrogens (tertiary/aromatic N) is 2. The van der Waals surface area contributed by atoms with Gasteiger partial charge in [-0.3, -0.25) is 14.4 Å². The molecule has 5 rings (SSSR count). The number of imide groups is 1. The minimum atomic E-state index is -0.706. The van der Waals surface area contributed by atoms with Crippen molar-refractivity contribution in [2.75, 3.05) is 18.6 Å². The van der Waals surface area contributed by atoms with Crippen LogP contribution >= 0.6 is 0 Å². The van der Waals surface area contributed by atoms with E-state index in [1.807, 2.05) is 24.3 Å². The van der Waals surface area contributed by atoms with Crippen LogP contribution in [0.3, 0.4) is 0 Å². The van der Waals surface area contributed by atoms with Crippen molar-refractivity contribution >= 4 is 29.4 Å². The third-order valence-electron chi connectivity index (χ3n) is 6.28. The van der Waals surface area contributed by atoms with Gasteiger partial charge in [-0.15, -0.1) is 0 Å². The molecule has 1 aliphatic carbocycles. The van der Waals surface area contributed by atoms with Crippen LogP contribution in [0.4, 0.5) is 5.69 Å². The number of rotatable bonds is 8. The molecule has 8 nitrogen and oxygen atoms in total. The highest BCUT2D eigenvalue weighted by Gasteiger charge is 2.37. The lowest BCUT2D eigenvalue weighted by Gasteiger charge is -2.22. The Balaban J connectivity index is 1.24. The molecule has 0 bridgehead atoms. The number of hydrogen-bond donors (Lipinski definition) is 0. The second-order valence-electron chi connectivity index (χ2n) is 8.72. The topological polar surface area (TPSA) is 93.2 Å². The Hall–Kier alpha value is -4.46. The number of ether oxygens (including phenoxy) is 2. The SMILES string of the molecule is COc1ccc(CN(C(=O)COC(=O)c2cccc(N3C(=O)c4ccccc4C3=O)c2)C2CC2)cc1. The third kappa shape index (κ3) is 4.57. The number of amides is 3. The molecule has 2 aliphatic rings. The maximum atomic E-state index is 12.9. The van der Waals surface area contributed by atoms with Gasteiger partial charge in [0.25, 0.3) is 17.7 Å². The monoisotopic (exact) mass is 484 g/mol. The number of methoxy groups -OCH3 is 1. The zero-order valence-corrected chi connectivity index (χ0v) is 19.7. The average molecular weight is 485 g/mol. The van der Waals surface area contributed by atoms with Crippen LogP contribution in [0.5, 0.6) is 5.75 Å². The third-order valence-corrected chi connectivity index (χ3v) is 6.28. The zero-order chi connectivity index (χ0) is 25.2. The minimum Gasteiger partial charge on any atom is -0.497 e. The van der Waals surface area contributed by atoms with Gasteiger partial charge in [0, 0.05) is 12.6 Å². The number of hydrogen-bond acceptors (Lipinski definition) is 6. The van der Waals surface area contributed by atoms with Gasteiger partial charge in [-0.2, -0.15) is 0 Å². The number of carbonyl (C=O) groups excluding carboxylic acids is 4. The van der Waals surface area contributed by atoms with E-state index in [9.17, 15) is 19.2 Å². The molecule has 0 aromatic heterocycles. The highest BCUT2D eigenvalue weighted by molar-refractivity contribution is 6.34. The van der Waals surface area contributed by atoms with Crippen LogP contribution in [-0.2, 0) is 16.1 Å².